The Balaban J connectivity index is 1.37. The van der Waals surface area contributed by atoms with E-state index >= 15 is 0 Å². The SMILES string of the molecule is COc1ccc(C(OCCOC2OC(COC(=O)NCc3cccc(OC)c3)C(OCCOP(OCCC#N)N(C(C)C)C(C)C)C(C)C2NC(C)C)(c2ccccc2)c2ccc(OC)cc2)cc1. The van der Waals surface area contributed by atoms with Crippen molar-refractivity contribution in [2.45, 2.75) is 110 Å². The Hall–Kier alpha value is -4.85. The molecule has 0 aliphatic carbocycles. The summed E-state index contributed by atoms with van der Waals surface area (Å²) in [5, 5.41) is 15.7. The van der Waals surface area contributed by atoms with Crippen molar-refractivity contribution < 1.29 is 51.7 Å². The summed E-state index contributed by atoms with van der Waals surface area (Å²) >= 11 is 0. The molecule has 16 heteroatoms. The Morgan fingerprint density at radius 1 is 0.739 bits per heavy atom. The fourth-order valence-corrected chi connectivity index (χ4v) is 10.1. The number of nitrogens with zero attached hydrogens (tertiary/aromatic N) is 2. The van der Waals surface area contributed by atoms with Gasteiger partial charge >= 0.3 is 6.09 Å². The molecule has 69 heavy (non-hydrogen) atoms. The monoisotopic (exact) mass is 973 g/mol. The van der Waals surface area contributed by atoms with E-state index in [4.69, 9.17) is 46.9 Å². The van der Waals surface area contributed by atoms with E-state index in [1.165, 1.54) is 0 Å². The normalized spacial score (nSPS) is 18.8. The molecule has 1 saturated heterocycles. The number of hydrogen-bond donors (Lipinski definition) is 2. The highest BCUT2D eigenvalue weighted by Gasteiger charge is 2.46. The summed E-state index contributed by atoms with van der Waals surface area (Å²) in [6.45, 7) is 15.7. The number of rotatable bonds is 28. The predicted octanol–water partition coefficient (Wildman–Crippen LogP) is 9.37. The lowest BCUT2D eigenvalue weighted by atomic mass is 9.80. The third-order valence-corrected chi connectivity index (χ3v) is 13.8. The van der Waals surface area contributed by atoms with Crippen LogP contribution in [0.25, 0.3) is 0 Å². The zero-order valence-corrected chi connectivity index (χ0v) is 42.8. The van der Waals surface area contributed by atoms with Crippen molar-refractivity contribution in [3.05, 3.63) is 125 Å². The lowest BCUT2D eigenvalue weighted by Gasteiger charge is -2.46. The number of alkyl carbamates (subject to hydrolysis) is 1. The molecule has 0 radical (unpaired) electrons. The average Bonchev–Trinajstić information content (AvgIpc) is 3.35. The quantitative estimate of drug-likeness (QED) is 0.0315. The molecule has 1 aliphatic rings. The van der Waals surface area contributed by atoms with Crippen molar-refractivity contribution in [1.82, 2.24) is 15.3 Å². The van der Waals surface area contributed by atoms with Crippen molar-refractivity contribution in [3.8, 4) is 23.3 Å². The van der Waals surface area contributed by atoms with Gasteiger partial charge in [-0.25, -0.2) is 9.46 Å². The fourth-order valence-electron chi connectivity index (χ4n) is 8.49. The van der Waals surface area contributed by atoms with Crippen LogP contribution in [0.3, 0.4) is 0 Å². The van der Waals surface area contributed by atoms with Gasteiger partial charge in [0.25, 0.3) is 8.53 Å². The van der Waals surface area contributed by atoms with Crippen LogP contribution in [0.5, 0.6) is 17.2 Å². The van der Waals surface area contributed by atoms with Crippen LogP contribution in [-0.2, 0) is 44.9 Å². The van der Waals surface area contributed by atoms with Crippen molar-refractivity contribution in [3.63, 3.8) is 0 Å². The van der Waals surface area contributed by atoms with E-state index in [9.17, 15) is 10.1 Å². The highest BCUT2D eigenvalue weighted by molar-refractivity contribution is 7.44. The van der Waals surface area contributed by atoms with Gasteiger partial charge in [-0.3, -0.25) is 0 Å². The van der Waals surface area contributed by atoms with E-state index in [0.29, 0.717) is 5.75 Å². The number of hydrogen-bond acceptors (Lipinski definition) is 14. The van der Waals surface area contributed by atoms with Crippen molar-refractivity contribution in [2.24, 2.45) is 5.92 Å². The second kappa shape index (κ2) is 28.1. The van der Waals surface area contributed by atoms with Gasteiger partial charge < -0.3 is 57.6 Å². The molecule has 0 spiro atoms. The first kappa shape index (κ1) is 55.1. The van der Waals surface area contributed by atoms with E-state index in [0.717, 1.165) is 33.8 Å². The molecule has 4 aromatic carbocycles. The van der Waals surface area contributed by atoms with Crippen LogP contribution in [0.15, 0.2) is 103 Å². The zero-order valence-electron chi connectivity index (χ0n) is 41.9. The van der Waals surface area contributed by atoms with Crippen LogP contribution < -0.4 is 24.8 Å². The van der Waals surface area contributed by atoms with Gasteiger partial charge in [0.15, 0.2) is 6.29 Å². The lowest BCUT2D eigenvalue weighted by Crippen LogP contribution is -2.62. The predicted molar refractivity (Wildman–Crippen MR) is 266 cm³/mol. The van der Waals surface area contributed by atoms with Gasteiger partial charge in [-0.2, -0.15) is 5.26 Å². The third-order valence-electron chi connectivity index (χ3n) is 11.6. The van der Waals surface area contributed by atoms with E-state index < -0.39 is 38.7 Å². The minimum atomic E-state index is -1.47. The van der Waals surface area contributed by atoms with Gasteiger partial charge in [0.05, 0.1) is 79.0 Å². The molecule has 1 amide bonds. The Morgan fingerprint density at radius 2 is 1.33 bits per heavy atom. The van der Waals surface area contributed by atoms with Crippen molar-refractivity contribution in [2.75, 3.05) is 61.0 Å². The van der Waals surface area contributed by atoms with Gasteiger partial charge in [-0.05, 0) is 86.3 Å². The average molecular weight is 973 g/mol. The molecule has 15 nitrogen and oxygen atoms in total. The van der Waals surface area contributed by atoms with E-state index in [1.54, 1.807) is 21.3 Å². The maximum atomic E-state index is 13.2. The second-order valence-electron chi connectivity index (χ2n) is 17.5. The standard InChI is InChI=1S/C53H73N4O11P/c1-37(2)56-49-40(7)50(62-31-33-67-69(66-29-15-28-54)57(38(3)4)39(5)6)48(36-64-52(58)55-35-41-16-14-19-47(34-41)61-10)68-51(49)63-30-32-65-53(42-17-12-11-13-18-42,43-20-24-45(59-8)25-21-43)44-22-26-46(60-9)27-23-44/h11-14,16-27,34,37-40,48-51,56H,15,29-33,35-36H2,1-10H3,(H,55,58). The van der Waals surface area contributed by atoms with Crippen LogP contribution in [0.1, 0.15) is 77.1 Å². The van der Waals surface area contributed by atoms with Gasteiger partial charge in [0.1, 0.15) is 35.6 Å². The third kappa shape index (κ3) is 15.6. The van der Waals surface area contributed by atoms with Crippen molar-refractivity contribution in [1.29, 1.82) is 5.26 Å². The first-order valence-electron chi connectivity index (χ1n) is 23.7. The lowest BCUT2D eigenvalue weighted by molar-refractivity contribution is -0.269. The molecule has 0 aromatic heterocycles. The molecular weight excluding hydrogens is 900 g/mol. The number of carbonyl (C=O) groups excluding carboxylic acids is 1. The Morgan fingerprint density at radius 3 is 1.91 bits per heavy atom. The molecule has 376 valence electrons. The number of nitrogens with one attached hydrogen (secondary N) is 2. The van der Waals surface area contributed by atoms with Crippen LogP contribution in [0.2, 0.25) is 0 Å². The molecule has 1 heterocycles. The molecule has 0 bridgehead atoms. The second-order valence-corrected chi connectivity index (χ2v) is 18.9. The summed E-state index contributed by atoms with van der Waals surface area (Å²) < 4.78 is 64.2. The van der Waals surface area contributed by atoms with E-state index in [1.807, 2.05) is 91.0 Å². The molecule has 6 unspecified atom stereocenters. The minimum Gasteiger partial charge on any atom is -0.497 e. The van der Waals surface area contributed by atoms with Crippen molar-refractivity contribution >= 4 is 14.6 Å². The van der Waals surface area contributed by atoms with Crippen LogP contribution in [-0.4, -0.2) is 114 Å². The summed E-state index contributed by atoms with van der Waals surface area (Å²) in [5.74, 6) is 1.94. The summed E-state index contributed by atoms with van der Waals surface area (Å²) in [6, 6.07) is 35.5. The minimum absolute atomic E-state index is 0.0608. The van der Waals surface area contributed by atoms with Gasteiger partial charge in [-0.15, -0.1) is 0 Å². The van der Waals surface area contributed by atoms with E-state index in [2.05, 4.69) is 82.0 Å². The summed E-state index contributed by atoms with van der Waals surface area (Å²) in [7, 11) is 3.41. The first-order chi connectivity index (χ1) is 33.3. The Kier molecular flexibility index (Phi) is 22.4. The molecule has 2 N–H and O–H groups in total. The molecule has 6 atom stereocenters. The van der Waals surface area contributed by atoms with E-state index in [-0.39, 0.29) is 82.7 Å². The summed E-state index contributed by atoms with van der Waals surface area (Å²) in [6.07, 6.45) is -2.40. The molecule has 1 aliphatic heterocycles. The summed E-state index contributed by atoms with van der Waals surface area (Å²) in [4.78, 5) is 13.2. The van der Waals surface area contributed by atoms with Crippen LogP contribution >= 0.6 is 8.53 Å². The largest absolute Gasteiger partial charge is 0.497 e. The Bertz CT molecular complexity index is 2090. The molecule has 0 saturated carbocycles. The zero-order chi connectivity index (χ0) is 49.8. The molecular formula is C53H73N4O11P. The topological polar surface area (TPSA) is 160 Å². The van der Waals surface area contributed by atoms with Crippen LogP contribution in [0, 0.1) is 17.2 Å². The Labute approximate surface area is 410 Å². The number of methoxy groups -OCH3 is 3. The first-order valence-corrected chi connectivity index (χ1v) is 24.9. The highest BCUT2D eigenvalue weighted by Crippen LogP contribution is 2.46. The maximum Gasteiger partial charge on any atom is 0.407 e. The number of carbonyl (C=O) groups is 1. The van der Waals surface area contributed by atoms with Gasteiger partial charge in [0, 0.05) is 30.6 Å². The molecule has 1 fully saturated rings. The van der Waals surface area contributed by atoms with Crippen LogP contribution in [0.4, 0.5) is 4.79 Å². The van der Waals surface area contributed by atoms with Gasteiger partial charge in [0.2, 0.25) is 0 Å². The fraction of sp³-hybridized carbons (Fsp3) is 0.509. The maximum absolute atomic E-state index is 13.2. The molecule has 4 aromatic rings. The highest BCUT2D eigenvalue weighted by atomic mass is 31.2. The molecule has 5 rings (SSSR count). The number of benzene rings is 4. The smallest absolute Gasteiger partial charge is 0.407 e. The summed E-state index contributed by atoms with van der Waals surface area (Å²) in [5.41, 5.74) is 2.53. The number of ether oxygens (including phenoxy) is 8. The number of nitriles is 1. The van der Waals surface area contributed by atoms with Gasteiger partial charge in [-0.1, -0.05) is 87.5 Å². The number of amides is 1.